The van der Waals surface area contributed by atoms with Crippen LogP contribution in [0.15, 0.2) is 53.5 Å². The molecule has 0 atom stereocenters. The molecular weight excluding hydrogens is 510 g/mol. The maximum absolute atomic E-state index is 13.0. The van der Waals surface area contributed by atoms with Gasteiger partial charge in [-0.3, -0.25) is 14.4 Å². The number of aromatic nitrogens is 1. The molecule has 1 aromatic heterocycles. The molecule has 0 aliphatic carbocycles. The summed E-state index contributed by atoms with van der Waals surface area (Å²) in [5, 5.41) is 0.373. The van der Waals surface area contributed by atoms with Crippen molar-refractivity contribution in [3.05, 3.63) is 85.6 Å². The van der Waals surface area contributed by atoms with Gasteiger partial charge in [-0.05, 0) is 63.4 Å². The highest BCUT2D eigenvalue weighted by Crippen LogP contribution is 2.21. The largest absolute Gasteiger partial charge is 0.466 e. The highest BCUT2D eigenvalue weighted by atomic mass is 35.5. The van der Waals surface area contributed by atoms with E-state index in [0.717, 1.165) is 16.1 Å². The van der Waals surface area contributed by atoms with E-state index in [2.05, 4.69) is 4.99 Å². The van der Waals surface area contributed by atoms with E-state index in [1.54, 1.807) is 36.1 Å². The number of ether oxygens (including phenoxy) is 1. The summed E-state index contributed by atoms with van der Waals surface area (Å²) in [6.07, 6.45) is 1.24. The van der Waals surface area contributed by atoms with E-state index >= 15 is 0 Å². The lowest BCUT2D eigenvalue weighted by atomic mass is 9.96. The second-order valence-electron chi connectivity index (χ2n) is 9.02. The van der Waals surface area contributed by atoms with Crippen LogP contribution in [0.2, 0.25) is 5.02 Å². The third-order valence-electron chi connectivity index (χ3n) is 6.63. The summed E-state index contributed by atoms with van der Waals surface area (Å²) in [4.78, 5) is 45.6. The van der Waals surface area contributed by atoms with Crippen LogP contribution < -0.4 is 4.80 Å². The highest BCUT2D eigenvalue weighted by Gasteiger charge is 2.28. The molecule has 2 aromatic carbocycles. The second kappa shape index (κ2) is 11.9. The van der Waals surface area contributed by atoms with Gasteiger partial charge in [0.2, 0.25) is 0 Å². The van der Waals surface area contributed by atoms with E-state index in [0.29, 0.717) is 60.0 Å². The summed E-state index contributed by atoms with van der Waals surface area (Å²) in [6, 6.07) is 14.4. The van der Waals surface area contributed by atoms with Crippen LogP contribution in [0.3, 0.4) is 0 Å². The molecule has 0 bridgehead atoms. The number of rotatable bonds is 6. The number of amides is 2. The second-order valence-corrected chi connectivity index (χ2v) is 10.6. The lowest BCUT2D eigenvalue weighted by Gasteiger charge is -2.31. The first-order valence-electron chi connectivity index (χ1n) is 12.3. The smallest absolute Gasteiger partial charge is 0.309 e. The van der Waals surface area contributed by atoms with Gasteiger partial charge in [0.15, 0.2) is 4.80 Å². The number of carbonyl (C=O) groups is 3. The third-order valence-corrected chi connectivity index (χ3v) is 8.06. The number of hydrogen-bond donors (Lipinski definition) is 0. The average Bonchev–Trinajstić information content (AvgIpc) is 3.16. The minimum absolute atomic E-state index is 0.0369. The summed E-state index contributed by atoms with van der Waals surface area (Å²) < 4.78 is 7.12. The Kier molecular flexibility index (Phi) is 8.61. The number of esters is 1. The first-order valence-corrected chi connectivity index (χ1v) is 13.5. The van der Waals surface area contributed by atoms with Gasteiger partial charge in [-0.25, -0.2) is 0 Å². The van der Waals surface area contributed by atoms with E-state index in [9.17, 15) is 14.4 Å². The predicted molar refractivity (Wildman–Crippen MR) is 144 cm³/mol. The van der Waals surface area contributed by atoms with Gasteiger partial charge >= 0.3 is 5.97 Å². The fourth-order valence-electron chi connectivity index (χ4n) is 4.35. The van der Waals surface area contributed by atoms with E-state index in [1.165, 1.54) is 11.3 Å². The summed E-state index contributed by atoms with van der Waals surface area (Å²) in [7, 11) is 0. The molecule has 1 aliphatic heterocycles. The normalized spacial score (nSPS) is 14.6. The molecule has 1 aliphatic rings. The van der Waals surface area contributed by atoms with Crippen LogP contribution in [0, 0.1) is 19.8 Å². The van der Waals surface area contributed by atoms with Crippen LogP contribution in [0.4, 0.5) is 0 Å². The number of carbonyl (C=O) groups excluding carboxylic acids is 3. The maximum Gasteiger partial charge on any atom is 0.309 e. The van der Waals surface area contributed by atoms with Crippen LogP contribution in [0.5, 0.6) is 0 Å². The van der Waals surface area contributed by atoms with E-state index in [-0.39, 0.29) is 23.7 Å². The van der Waals surface area contributed by atoms with Crippen LogP contribution >= 0.6 is 22.9 Å². The molecule has 194 valence electrons. The molecule has 1 saturated heterocycles. The fourth-order valence-corrected chi connectivity index (χ4v) is 5.54. The Morgan fingerprint density at radius 1 is 1.05 bits per heavy atom. The monoisotopic (exact) mass is 539 g/mol. The summed E-state index contributed by atoms with van der Waals surface area (Å²) in [5.74, 6) is -0.724. The maximum atomic E-state index is 13.0. The molecular formula is C28H30ClN3O4S. The van der Waals surface area contributed by atoms with Crippen LogP contribution in [0.25, 0.3) is 0 Å². The third kappa shape index (κ3) is 6.19. The zero-order chi connectivity index (χ0) is 26.5. The molecule has 0 spiro atoms. The number of aryl methyl sites for hydroxylation is 1. The number of nitrogens with zero attached hydrogens (tertiary/aromatic N) is 3. The molecule has 1 fully saturated rings. The minimum atomic E-state index is -0.381. The van der Waals surface area contributed by atoms with Crippen LogP contribution in [0.1, 0.15) is 56.6 Å². The molecule has 0 N–H and O–H groups in total. The van der Waals surface area contributed by atoms with Crippen molar-refractivity contribution in [2.45, 2.75) is 40.2 Å². The quantitative estimate of drug-likeness (QED) is 0.412. The highest BCUT2D eigenvalue weighted by molar-refractivity contribution is 7.09. The number of likely N-dealkylation sites (tertiary alicyclic amines) is 1. The Labute approximate surface area is 225 Å². The van der Waals surface area contributed by atoms with Crippen molar-refractivity contribution in [2.24, 2.45) is 10.9 Å². The number of piperidine rings is 1. The van der Waals surface area contributed by atoms with Gasteiger partial charge < -0.3 is 14.2 Å². The Morgan fingerprint density at radius 2 is 1.73 bits per heavy atom. The number of hydrogen-bond acceptors (Lipinski definition) is 5. The summed E-state index contributed by atoms with van der Waals surface area (Å²) in [6.45, 7) is 7.78. The van der Waals surface area contributed by atoms with Crippen molar-refractivity contribution in [2.75, 3.05) is 19.7 Å². The van der Waals surface area contributed by atoms with Crippen LogP contribution in [-0.2, 0) is 16.1 Å². The molecule has 3 aromatic rings. The van der Waals surface area contributed by atoms with Crippen molar-refractivity contribution in [1.29, 1.82) is 0 Å². The van der Waals surface area contributed by atoms with Gasteiger partial charge in [0.05, 0.1) is 29.7 Å². The van der Waals surface area contributed by atoms with Crippen molar-refractivity contribution in [3.8, 4) is 0 Å². The zero-order valence-electron chi connectivity index (χ0n) is 21.2. The zero-order valence-corrected chi connectivity index (χ0v) is 22.8. The van der Waals surface area contributed by atoms with Crippen molar-refractivity contribution < 1.29 is 19.1 Å². The van der Waals surface area contributed by atoms with Gasteiger partial charge in [0.1, 0.15) is 0 Å². The average molecular weight is 540 g/mol. The van der Waals surface area contributed by atoms with Crippen LogP contribution in [-0.4, -0.2) is 46.9 Å². The summed E-state index contributed by atoms with van der Waals surface area (Å²) in [5.41, 5.74) is 3.00. The fraction of sp³-hybridized carbons (Fsp3) is 0.357. The van der Waals surface area contributed by atoms with Gasteiger partial charge in [0.25, 0.3) is 11.8 Å². The van der Waals surface area contributed by atoms with E-state index in [1.807, 2.05) is 42.7 Å². The van der Waals surface area contributed by atoms with Gasteiger partial charge in [-0.1, -0.05) is 35.9 Å². The first kappa shape index (κ1) is 26.8. The molecule has 0 saturated carbocycles. The van der Waals surface area contributed by atoms with Gasteiger partial charge in [-0.2, -0.15) is 4.99 Å². The predicted octanol–water partition coefficient (Wildman–Crippen LogP) is 5.02. The number of benzene rings is 2. The molecule has 2 amide bonds. The molecule has 37 heavy (non-hydrogen) atoms. The number of thiazole rings is 1. The topological polar surface area (TPSA) is 81.0 Å². The Morgan fingerprint density at radius 3 is 2.38 bits per heavy atom. The van der Waals surface area contributed by atoms with Gasteiger partial charge in [-0.15, -0.1) is 11.3 Å². The summed E-state index contributed by atoms with van der Waals surface area (Å²) >= 11 is 7.65. The van der Waals surface area contributed by atoms with Crippen molar-refractivity contribution in [1.82, 2.24) is 9.47 Å². The Balaban J connectivity index is 1.47. The molecule has 7 nitrogen and oxygen atoms in total. The van der Waals surface area contributed by atoms with Crippen molar-refractivity contribution >= 4 is 40.7 Å². The standard InChI is InChI=1S/C28H30ClN3O4S/c1-4-36-27(35)22-13-15-31(16-14-22)26(34)21-11-9-20(10-12-21)17-32-18(2)19(3)37-28(32)30-25(33)23-7-5-6-8-24(23)29/h5-12,22H,4,13-17H2,1-3H3. The molecule has 9 heteroatoms. The van der Waals surface area contributed by atoms with Crippen molar-refractivity contribution in [3.63, 3.8) is 0 Å². The lowest BCUT2D eigenvalue weighted by Crippen LogP contribution is -2.40. The lowest BCUT2D eigenvalue weighted by molar-refractivity contribution is -0.149. The molecule has 4 rings (SSSR count). The SMILES string of the molecule is CCOC(=O)C1CCN(C(=O)c2ccc(Cn3c(C)c(C)sc3=NC(=O)c3ccccc3Cl)cc2)CC1. The molecule has 0 radical (unpaired) electrons. The minimum Gasteiger partial charge on any atom is -0.466 e. The van der Waals surface area contributed by atoms with E-state index < -0.39 is 0 Å². The Hall–Kier alpha value is -3.23. The Bertz CT molecular complexity index is 1370. The van der Waals surface area contributed by atoms with E-state index in [4.69, 9.17) is 16.3 Å². The molecule has 0 unspecified atom stereocenters. The number of halogens is 1. The molecule has 2 heterocycles. The van der Waals surface area contributed by atoms with Gasteiger partial charge in [0, 0.05) is 29.2 Å². The first-order chi connectivity index (χ1) is 17.8.